The molecule has 24 heavy (non-hydrogen) atoms. The van der Waals surface area contributed by atoms with Crippen molar-refractivity contribution in [3.63, 3.8) is 0 Å². The Bertz CT molecular complexity index is 406. The fraction of sp³-hybridized carbons (Fsp3) is 0.864. The van der Waals surface area contributed by atoms with Crippen molar-refractivity contribution in [2.45, 2.75) is 96.0 Å². The molecule has 2 saturated carbocycles. The second kappa shape index (κ2) is 10.2. The Balaban J connectivity index is 1.74. The molecule has 0 aromatic carbocycles. The van der Waals surface area contributed by atoms with E-state index in [0.29, 0.717) is 0 Å². The SMILES string of the molecule is CCCCC1CCC(C2CCC(CCC=CC#N)(OC)CC2)CC1. The maximum atomic E-state index is 8.60. The Labute approximate surface area is 149 Å². The molecular weight excluding hydrogens is 294 g/mol. The molecule has 0 radical (unpaired) electrons. The van der Waals surface area contributed by atoms with Gasteiger partial charge >= 0.3 is 0 Å². The van der Waals surface area contributed by atoms with Gasteiger partial charge in [0.2, 0.25) is 0 Å². The summed E-state index contributed by atoms with van der Waals surface area (Å²) in [6.45, 7) is 2.31. The molecule has 0 atom stereocenters. The third kappa shape index (κ3) is 5.62. The lowest BCUT2D eigenvalue weighted by atomic mass is 9.67. The first kappa shape index (κ1) is 19.5. The molecule has 0 spiro atoms. The van der Waals surface area contributed by atoms with Crippen molar-refractivity contribution in [1.82, 2.24) is 0 Å². The average molecular weight is 332 g/mol. The van der Waals surface area contributed by atoms with Crippen LogP contribution in [0.2, 0.25) is 0 Å². The Morgan fingerprint density at radius 2 is 1.75 bits per heavy atom. The third-order valence-electron chi connectivity index (χ3n) is 6.86. The Hall–Kier alpha value is -0.810. The van der Waals surface area contributed by atoms with E-state index >= 15 is 0 Å². The van der Waals surface area contributed by atoms with Gasteiger partial charge in [-0.25, -0.2) is 0 Å². The number of unbranched alkanes of at least 4 members (excludes halogenated alkanes) is 1. The molecule has 0 aliphatic heterocycles. The maximum absolute atomic E-state index is 8.60. The number of allylic oxidation sites excluding steroid dienone is 2. The van der Waals surface area contributed by atoms with Crippen LogP contribution < -0.4 is 0 Å². The molecule has 2 nitrogen and oxygen atoms in total. The molecule has 2 heteroatoms. The number of nitriles is 1. The van der Waals surface area contributed by atoms with E-state index in [1.54, 1.807) is 6.08 Å². The standard InChI is InChI=1S/C22H37NO/c1-3-4-8-19-9-11-20(12-10-19)21-13-16-22(24-2,17-14-21)15-6-5-7-18-23/h5,7,19-21H,3-4,6,8-17H2,1-2H3. The number of nitrogens with zero attached hydrogens (tertiary/aromatic N) is 1. The highest BCUT2D eigenvalue weighted by Crippen LogP contribution is 2.45. The van der Waals surface area contributed by atoms with E-state index in [2.05, 4.69) is 13.0 Å². The smallest absolute Gasteiger partial charge is 0.0908 e. The summed E-state index contributed by atoms with van der Waals surface area (Å²) < 4.78 is 5.94. The predicted molar refractivity (Wildman–Crippen MR) is 101 cm³/mol. The number of hydrogen-bond acceptors (Lipinski definition) is 2. The number of rotatable bonds is 8. The van der Waals surface area contributed by atoms with Crippen LogP contribution in [0.15, 0.2) is 12.2 Å². The maximum Gasteiger partial charge on any atom is 0.0908 e. The summed E-state index contributed by atoms with van der Waals surface area (Å²) in [5, 5.41) is 8.60. The average Bonchev–Trinajstić information content (AvgIpc) is 2.64. The molecule has 0 amide bonds. The van der Waals surface area contributed by atoms with Gasteiger partial charge in [0, 0.05) is 13.2 Å². The number of methoxy groups -OCH3 is 1. The molecule has 0 unspecified atom stereocenters. The van der Waals surface area contributed by atoms with E-state index in [1.165, 1.54) is 70.6 Å². The molecule has 0 bridgehead atoms. The molecule has 2 fully saturated rings. The summed E-state index contributed by atoms with van der Waals surface area (Å²) in [5.74, 6) is 2.95. The van der Waals surface area contributed by atoms with Crippen molar-refractivity contribution in [3.05, 3.63) is 12.2 Å². The fourth-order valence-corrected chi connectivity index (χ4v) is 5.12. The molecule has 0 aromatic heterocycles. The molecule has 136 valence electrons. The van der Waals surface area contributed by atoms with Crippen LogP contribution in [0.4, 0.5) is 0 Å². The van der Waals surface area contributed by atoms with Gasteiger partial charge in [-0.15, -0.1) is 0 Å². The van der Waals surface area contributed by atoms with Gasteiger partial charge in [-0.2, -0.15) is 5.26 Å². The van der Waals surface area contributed by atoms with Crippen molar-refractivity contribution in [3.8, 4) is 6.07 Å². The van der Waals surface area contributed by atoms with Gasteiger partial charge in [0.25, 0.3) is 0 Å². The van der Waals surface area contributed by atoms with Crippen molar-refractivity contribution >= 4 is 0 Å². The lowest BCUT2D eigenvalue weighted by Gasteiger charge is -2.43. The van der Waals surface area contributed by atoms with Crippen LogP contribution in [-0.2, 0) is 4.74 Å². The number of ether oxygens (including phenoxy) is 1. The summed E-state index contributed by atoms with van der Waals surface area (Å²) in [6.07, 6.45) is 20.9. The zero-order valence-electron chi connectivity index (χ0n) is 15.9. The van der Waals surface area contributed by atoms with E-state index < -0.39 is 0 Å². The lowest BCUT2D eigenvalue weighted by Crippen LogP contribution is -2.38. The summed E-state index contributed by atoms with van der Waals surface area (Å²) in [6, 6.07) is 2.08. The largest absolute Gasteiger partial charge is 0.378 e. The fourth-order valence-electron chi connectivity index (χ4n) is 5.12. The molecule has 0 aromatic rings. The van der Waals surface area contributed by atoms with Crippen LogP contribution in [-0.4, -0.2) is 12.7 Å². The zero-order chi connectivity index (χ0) is 17.3. The first-order valence-electron chi connectivity index (χ1n) is 10.3. The minimum Gasteiger partial charge on any atom is -0.378 e. The Morgan fingerprint density at radius 3 is 2.33 bits per heavy atom. The second-order valence-electron chi connectivity index (χ2n) is 8.22. The summed E-state index contributed by atoms with van der Waals surface area (Å²) in [5.41, 5.74) is 0.0780. The van der Waals surface area contributed by atoms with Gasteiger partial charge in [0.15, 0.2) is 0 Å². The summed E-state index contributed by atoms with van der Waals surface area (Å²) in [4.78, 5) is 0. The minimum atomic E-state index is 0.0780. The Kier molecular flexibility index (Phi) is 8.33. The van der Waals surface area contributed by atoms with Crippen molar-refractivity contribution in [2.24, 2.45) is 17.8 Å². The van der Waals surface area contributed by atoms with Crippen molar-refractivity contribution in [1.29, 1.82) is 5.26 Å². The molecule has 0 saturated heterocycles. The number of hydrogen-bond donors (Lipinski definition) is 0. The van der Waals surface area contributed by atoms with Gasteiger partial charge in [-0.1, -0.05) is 45.1 Å². The van der Waals surface area contributed by atoms with Crippen LogP contribution in [0.5, 0.6) is 0 Å². The lowest BCUT2D eigenvalue weighted by molar-refractivity contribution is -0.0618. The minimum absolute atomic E-state index is 0.0780. The molecule has 2 rings (SSSR count). The van der Waals surface area contributed by atoms with Crippen LogP contribution in [0.3, 0.4) is 0 Å². The topological polar surface area (TPSA) is 33.0 Å². The highest BCUT2D eigenvalue weighted by atomic mass is 16.5. The summed E-state index contributed by atoms with van der Waals surface area (Å²) in [7, 11) is 1.88. The normalized spacial score (nSPS) is 34.3. The van der Waals surface area contributed by atoms with E-state index in [0.717, 1.165) is 30.6 Å². The van der Waals surface area contributed by atoms with E-state index in [1.807, 2.05) is 13.2 Å². The predicted octanol–water partition coefficient (Wildman–Crippen LogP) is 6.42. The molecule has 0 heterocycles. The van der Waals surface area contributed by atoms with Crippen LogP contribution in [0.1, 0.15) is 90.4 Å². The molecule has 2 aliphatic rings. The van der Waals surface area contributed by atoms with Gasteiger partial charge in [0.1, 0.15) is 0 Å². The monoisotopic (exact) mass is 331 g/mol. The van der Waals surface area contributed by atoms with Gasteiger partial charge in [-0.3, -0.25) is 0 Å². The quantitative estimate of drug-likeness (QED) is 0.481. The zero-order valence-corrected chi connectivity index (χ0v) is 15.9. The van der Waals surface area contributed by atoms with Crippen molar-refractivity contribution < 1.29 is 4.74 Å². The van der Waals surface area contributed by atoms with E-state index in [-0.39, 0.29) is 5.60 Å². The first-order valence-corrected chi connectivity index (χ1v) is 10.3. The molecule has 2 aliphatic carbocycles. The van der Waals surface area contributed by atoms with E-state index in [9.17, 15) is 0 Å². The van der Waals surface area contributed by atoms with Crippen LogP contribution in [0.25, 0.3) is 0 Å². The van der Waals surface area contributed by atoms with Gasteiger partial charge in [0.05, 0.1) is 11.7 Å². The molecule has 0 N–H and O–H groups in total. The highest BCUT2D eigenvalue weighted by molar-refractivity contribution is 5.02. The third-order valence-corrected chi connectivity index (χ3v) is 6.86. The van der Waals surface area contributed by atoms with Gasteiger partial charge < -0.3 is 4.74 Å². The molecular formula is C22H37NO. The van der Waals surface area contributed by atoms with Gasteiger partial charge in [-0.05, 0) is 69.1 Å². The Morgan fingerprint density at radius 1 is 1.08 bits per heavy atom. The van der Waals surface area contributed by atoms with Crippen LogP contribution in [0, 0.1) is 29.1 Å². The highest BCUT2D eigenvalue weighted by Gasteiger charge is 2.37. The summed E-state index contributed by atoms with van der Waals surface area (Å²) >= 11 is 0. The van der Waals surface area contributed by atoms with Crippen molar-refractivity contribution in [2.75, 3.05) is 7.11 Å². The second-order valence-corrected chi connectivity index (χ2v) is 8.22. The first-order chi connectivity index (χ1) is 11.7. The van der Waals surface area contributed by atoms with E-state index in [4.69, 9.17) is 10.00 Å². The van der Waals surface area contributed by atoms with Crippen LogP contribution >= 0.6 is 0 Å².